The van der Waals surface area contributed by atoms with Crippen LogP contribution >= 0.6 is 0 Å². The van der Waals surface area contributed by atoms with Crippen molar-refractivity contribution in [3.05, 3.63) is 95.1 Å². The Kier molecular flexibility index (Phi) is 4.76. The summed E-state index contributed by atoms with van der Waals surface area (Å²) in [6.45, 7) is 3.87. The van der Waals surface area contributed by atoms with Gasteiger partial charge in [-0.2, -0.15) is 5.26 Å². The van der Waals surface area contributed by atoms with Gasteiger partial charge in [-0.25, -0.2) is 9.96 Å². The van der Waals surface area contributed by atoms with Crippen LogP contribution in [0, 0.1) is 31.1 Å². The topological polar surface area (TPSA) is 73.6 Å². The maximum absolute atomic E-state index is 13.7. The summed E-state index contributed by atoms with van der Waals surface area (Å²) in [5.41, 5.74) is 4.61. The second kappa shape index (κ2) is 7.63. The second-order valence-corrected chi connectivity index (χ2v) is 8.19. The highest BCUT2D eigenvalue weighted by Crippen LogP contribution is 2.47. The largest absolute Gasteiger partial charge is 0.273 e. The lowest BCUT2D eigenvalue weighted by Gasteiger charge is -2.29. The van der Waals surface area contributed by atoms with Crippen molar-refractivity contribution in [1.82, 2.24) is 0 Å². The Morgan fingerprint density at radius 3 is 2.28 bits per heavy atom. The zero-order valence-corrected chi connectivity index (χ0v) is 17.7. The van der Waals surface area contributed by atoms with Crippen LogP contribution in [-0.4, -0.2) is 17.9 Å². The van der Waals surface area contributed by atoms with Crippen LogP contribution in [0.5, 0.6) is 0 Å². The molecule has 6 heteroatoms. The van der Waals surface area contributed by atoms with E-state index in [2.05, 4.69) is 6.07 Å². The second-order valence-electron chi connectivity index (χ2n) is 8.19. The minimum Gasteiger partial charge on any atom is -0.273 e. The zero-order chi connectivity index (χ0) is 22.4. The standard InChI is InChI=1S/C26H21N3O3/c1-16-8-13-21(17(2)14-16)28-25(30)22-23(19-11-9-18(15-27)10-12-19)29(32-24(22)26(28)31)20-6-4-3-5-7-20/h3-14,22-24H,1-2H3/t22-,23-,24-/m1/s1. The summed E-state index contributed by atoms with van der Waals surface area (Å²) in [5, 5.41) is 10.8. The van der Waals surface area contributed by atoms with Crippen LogP contribution in [0.1, 0.15) is 28.3 Å². The van der Waals surface area contributed by atoms with Crippen molar-refractivity contribution in [1.29, 1.82) is 5.26 Å². The van der Waals surface area contributed by atoms with Gasteiger partial charge in [-0.3, -0.25) is 14.4 Å². The van der Waals surface area contributed by atoms with Gasteiger partial charge >= 0.3 is 0 Å². The minimum atomic E-state index is -0.913. The molecule has 0 unspecified atom stereocenters. The summed E-state index contributed by atoms with van der Waals surface area (Å²) >= 11 is 0. The van der Waals surface area contributed by atoms with Crippen molar-refractivity contribution >= 4 is 23.2 Å². The van der Waals surface area contributed by atoms with E-state index in [0.717, 1.165) is 22.4 Å². The van der Waals surface area contributed by atoms with Crippen molar-refractivity contribution < 1.29 is 14.4 Å². The quantitative estimate of drug-likeness (QED) is 0.590. The van der Waals surface area contributed by atoms with E-state index in [1.165, 1.54) is 4.90 Å². The number of rotatable bonds is 3. The van der Waals surface area contributed by atoms with Crippen molar-refractivity contribution in [3.63, 3.8) is 0 Å². The Hall–Kier alpha value is -3.95. The third-order valence-electron chi connectivity index (χ3n) is 6.10. The maximum Gasteiger partial charge on any atom is 0.266 e. The third-order valence-corrected chi connectivity index (χ3v) is 6.10. The Labute approximate surface area is 186 Å². The Bertz CT molecular complexity index is 1250. The number of hydrogen-bond acceptors (Lipinski definition) is 5. The molecular formula is C26H21N3O3. The number of nitrogens with zero attached hydrogens (tertiary/aromatic N) is 3. The number of nitriles is 1. The molecule has 2 aliphatic heterocycles. The van der Waals surface area contributed by atoms with E-state index in [1.807, 2.05) is 74.5 Å². The number of anilines is 2. The molecule has 2 saturated heterocycles. The summed E-state index contributed by atoms with van der Waals surface area (Å²) in [7, 11) is 0. The monoisotopic (exact) mass is 423 g/mol. The number of benzene rings is 3. The van der Waals surface area contributed by atoms with Gasteiger partial charge in [-0.05, 0) is 55.3 Å². The van der Waals surface area contributed by atoms with Gasteiger partial charge in [0.1, 0.15) is 5.92 Å². The molecule has 2 aliphatic rings. The maximum atomic E-state index is 13.7. The number of aryl methyl sites for hydroxylation is 2. The molecule has 3 aromatic carbocycles. The molecule has 0 radical (unpaired) electrons. The van der Waals surface area contributed by atoms with Crippen LogP contribution in [0.4, 0.5) is 11.4 Å². The highest BCUT2D eigenvalue weighted by Gasteiger charge is 2.60. The van der Waals surface area contributed by atoms with Crippen molar-refractivity contribution in [2.24, 2.45) is 5.92 Å². The Morgan fingerprint density at radius 2 is 1.62 bits per heavy atom. The van der Waals surface area contributed by atoms with Gasteiger partial charge in [0.15, 0.2) is 6.10 Å². The highest BCUT2D eigenvalue weighted by molar-refractivity contribution is 6.24. The highest BCUT2D eigenvalue weighted by atomic mass is 16.7. The average molecular weight is 423 g/mol. The van der Waals surface area contributed by atoms with Gasteiger partial charge in [0.2, 0.25) is 5.91 Å². The van der Waals surface area contributed by atoms with Gasteiger partial charge in [-0.1, -0.05) is 48.0 Å². The molecule has 0 spiro atoms. The number of para-hydroxylation sites is 1. The summed E-state index contributed by atoms with van der Waals surface area (Å²) < 4.78 is 0. The molecule has 6 nitrogen and oxygen atoms in total. The lowest BCUT2D eigenvalue weighted by Crippen LogP contribution is -2.37. The molecule has 2 heterocycles. The van der Waals surface area contributed by atoms with Crippen LogP contribution in [0.2, 0.25) is 0 Å². The van der Waals surface area contributed by atoms with Crippen LogP contribution < -0.4 is 9.96 Å². The van der Waals surface area contributed by atoms with E-state index in [1.54, 1.807) is 17.2 Å². The van der Waals surface area contributed by atoms with E-state index in [-0.39, 0.29) is 11.8 Å². The fraction of sp³-hybridized carbons (Fsp3) is 0.192. The molecular weight excluding hydrogens is 402 g/mol. The molecule has 2 fully saturated rings. The summed E-state index contributed by atoms with van der Waals surface area (Å²) in [4.78, 5) is 34.5. The molecule has 3 aromatic rings. The lowest BCUT2D eigenvalue weighted by atomic mass is 9.90. The molecule has 0 saturated carbocycles. The molecule has 3 atom stereocenters. The van der Waals surface area contributed by atoms with Crippen LogP contribution in [-0.2, 0) is 14.4 Å². The predicted octanol–water partition coefficient (Wildman–Crippen LogP) is 4.23. The van der Waals surface area contributed by atoms with E-state index in [4.69, 9.17) is 10.1 Å². The number of hydrogen-bond donors (Lipinski definition) is 0. The van der Waals surface area contributed by atoms with Gasteiger partial charge in [0, 0.05) is 0 Å². The fourth-order valence-electron chi connectivity index (χ4n) is 4.60. The van der Waals surface area contributed by atoms with Crippen molar-refractivity contribution in [3.8, 4) is 6.07 Å². The summed E-state index contributed by atoms with van der Waals surface area (Å²) in [6.07, 6.45) is -0.913. The molecule has 0 aromatic heterocycles. The van der Waals surface area contributed by atoms with Crippen LogP contribution in [0.25, 0.3) is 0 Å². The van der Waals surface area contributed by atoms with E-state index in [9.17, 15) is 9.59 Å². The molecule has 0 N–H and O–H groups in total. The molecule has 158 valence electrons. The number of imide groups is 1. The average Bonchev–Trinajstić information content (AvgIpc) is 3.31. The number of hydroxylamine groups is 1. The SMILES string of the molecule is Cc1ccc(N2C(=O)[C@@H]3[C@@H](c4ccc(C#N)cc4)N(c4ccccc4)O[C@H]3C2=O)c(C)c1. The van der Waals surface area contributed by atoms with Gasteiger partial charge in [-0.15, -0.1) is 0 Å². The first-order valence-corrected chi connectivity index (χ1v) is 10.5. The normalized spacial score (nSPS) is 22.2. The molecule has 0 aliphatic carbocycles. The first kappa shape index (κ1) is 20.0. The fourth-order valence-corrected chi connectivity index (χ4v) is 4.60. The minimum absolute atomic E-state index is 0.278. The van der Waals surface area contributed by atoms with Crippen LogP contribution in [0.15, 0.2) is 72.8 Å². The Morgan fingerprint density at radius 1 is 0.906 bits per heavy atom. The molecule has 2 amide bonds. The number of amides is 2. The lowest BCUT2D eigenvalue weighted by molar-refractivity contribution is -0.126. The van der Waals surface area contributed by atoms with Gasteiger partial charge in [0.25, 0.3) is 5.91 Å². The Balaban J connectivity index is 1.59. The summed E-state index contributed by atoms with van der Waals surface area (Å²) in [6, 6.07) is 23.8. The van der Waals surface area contributed by atoms with Gasteiger partial charge in [0.05, 0.1) is 29.0 Å². The third kappa shape index (κ3) is 3.06. The number of carbonyl (C=O) groups excluding carboxylic acids is 2. The van der Waals surface area contributed by atoms with E-state index >= 15 is 0 Å². The number of fused-ring (bicyclic) bond motifs is 1. The predicted molar refractivity (Wildman–Crippen MR) is 120 cm³/mol. The van der Waals surface area contributed by atoms with E-state index < -0.39 is 18.1 Å². The number of carbonyl (C=O) groups is 2. The summed E-state index contributed by atoms with van der Waals surface area (Å²) in [5.74, 6) is -1.33. The molecule has 32 heavy (non-hydrogen) atoms. The first-order chi connectivity index (χ1) is 15.5. The molecule has 0 bridgehead atoms. The smallest absolute Gasteiger partial charge is 0.266 e. The van der Waals surface area contributed by atoms with E-state index in [0.29, 0.717) is 11.3 Å². The van der Waals surface area contributed by atoms with Crippen molar-refractivity contribution in [2.45, 2.75) is 26.0 Å². The van der Waals surface area contributed by atoms with Crippen molar-refractivity contribution in [2.75, 3.05) is 9.96 Å². The molecule has 5 rings (SSSR count). The van der Waals surface area contributed by atoms with Gasteiger partial charge < -0.3 is 0 Å². The zero-order valence-electron chi connectivity index (χ0n) is 17.7. The van der Waals surface area contributed by atoms with Crippen LogP contribution in [0.3, 0.4) is 0 Å². The first-order valence-electron chi connectivity index (χ1n) is 10.5.